The average Bonchev–Trinajstić information content (AvgIpc) is 2.24. The summed E-state index contributed by atoms with van der Waals surface area (Å²) in [6.07, 6.45) is 5.57. The molecule has 0 amide bonds. The molecule has 0 aliphatic carbocycles. The quantitative estimate of drug-likeness (QED) is 0.727. The number of nitrogens with one attached hydrogen (secondary N) is 1. The first-order chi connectivity index (χ1) is 7.22. The fourth-order valence-corrected chi connectivity index (χ4v) is 2.38. The summed E-state index contributed by atoms with van der Waals surface area (Å²) >= 11 is 0. The molecular weight excluding hydrogens is 184 g/mol. The van der Waals surface area contributed by atoms with E-state index in [1.807, 2.05) is 0 Å². The van der Waals surface area contributed by atoms with E-state index in [0.717, 1.165) is 11.8 Å². The summed E-state index contributed by atoms with van der Waals surface area (Å²) < 4.78 is 0. The van der Waals surface area contributed by atoms with Gasteiger partial charge in [0.1, 0.15) is 0 Å². The summed E-state index contributed by atoms with van der Waals surface area (Å²) in [6.45, 7) is 9.82. The summed E-state index contributed by atoms with van der Waals surface area (Å²) in [5.74, 6) is 1.79. The molecule has 0 aromatic rings. The second-order valence-corrected chi connectivity index (χ2v) is 5.38. The molecule has 1 heterocycles. The number of nitrogens with zero attached hydrogens (tertiary/aromatic N) is 1. The number of rotatable bonds is 6. The Balaban J connectivity index is 2.17. The van der Waals surface area contributed by atoms with Gasteiger partial charge in [-0.05, 0) is 64.2 Å². The van der Waals surface area contributed by atoms with E-state index in [1.54, 1.807) is 0 Å². The zero-order valence-corrected chi connectivity index (χ0v) is 10.8. The highest BCUT2D eigenvalue weighted by atomic mass is 15.1. The van der Waals surface area contributed by atoms with Crippen molar-refractivity contribution >= 4 is 0 Å². The highest BCUT2D eigenvalue weighted by Crippen LogP contribution is 2.19. The first-order valence-electron chi connectivity index (χ1n) is 6.59. The third-order valence-electron chi connectivity index (χ3n) is 3.43. The largest absolute Gasteiger partial charge is 0.320 e. The van der Waals surface area contributed by atoms with Gasteiger partial charge >= 0.3 is 0 Å². The molecule has 2 nitrogen and oxygen atoms in total. The molecule has 1 unspecified atom stereocenters. The minimum atomic E-state index is 0.850. The van der Waals surface area contributed by atoms with E-state index in [2.05, 4.69) is 31.1 Å². The van der Waals surface area contributed by atoms with Crippen LogP contribution in [-0.4, -0.2) is 38.1 Å². The lowest BCUT2D eigenvalue weighted by Crippen LogP contribution is -2.37. The fraction of sp³-hybridized carbons (Fsp3) is 1.00. The van der Waals surface area contributed by atoms with Crippen molar-refractivity contribution in [2.45, 2.75) is 39.5 Å². The summed E-state index contributed by atoms with van der Waals surface area (Å²) in [7, 11) is 2.05. The van der Waals surface area contributed by atoms with Crippen LogP contribution in [0.4, 0.5) is 0 Å². The topological polar surface area (TPSA) is 15.3 Å². The maximum atomic E-state index is 3.26. The van der Waals surface area contributed by atoms with Crippen molar-refractivity contribution in [2.75, 3.05) is 33.2 Å². The predicted molar refractivity (Wildman–Crippen MR) is 67.2 cm³/mol. The van der Waals surface area contributed by atoms with Gasteiger partial charge in [-0.2, -0.15) is 0 Å². The monoisotopic (exact) mass is 212 g/mol. The minimum absolute atomic E-state index is 0.850. The molecule has 0 bridgehead atoms. The summed E-state index contributed by atoms with van der Waals surface area (Å²) in [6, 6.07) is 0. The summed E-state index contributed by atoms with van der Waals surface area (Å²) in [5.41, 5.74) is 0. The van der Waals surface area contributed by atoms with Gasteiger partial charge in [0, 0.05) is 6.54 Å². The maximum absolute atomic E-state index is 3.26. The van der Waals surface area contributed by atoms with Crippen LogP contribution in [-0.2, 0) is 0 Å². The van der Waals surface area contributed by atoms with Gasteiger partial charge in [-0.15, -0.1) is 0 Å². The SMILES string of the molecule is CNCCC1CCCN(CCC(C)C)C1. The van der Waals surface area contributed by atoms with E-state index in [1.165, 1.54) is 51.9 Å². The zero-order valence-electron chi connectivity index (χ0n) is 10.8. The Bertz CT molecular complexity index is 157. The second-order valence-electron chi connectivity index (χ2n) is 5.38. The lowest BCUT2D eigenvalue weighted by atomic mass is 9.94. The summed E-state index contributed by atoms with van der Waals surface area (Å²) in [4.78, 5) is 2.67. The van der Waals surface area contributed by atoms with Crippen molar-refractivity contribution in [3.63, 3.8) is 0 Å². The van der Waals surface area contributed by atoms with Crippen molar-refractivity contribution in [2.24, 2.45) is 11.8 Å². The molecule has 1 atom stereocenters. The van der Waals surface area contributed by atoms with Gasteiger partial charge in [0.25, 0.3) is 0 Å². The molecule has 1 N–H and O–H groups in total. The molecule has 1 rings (SSSR count). The maximum Gasteiger partial charge on any atom is 0.00101 e. The Labute approximate surface area is 95.4 Å². The highest BCUT2D eigenvalue weighted by molar-refractivity contribution is 4.73. The third-order valence-corrected chi connectivity index (χ3v) is 3.43. The molecule has 0 spiro atoms. The van der Waals surface area contributed by atoms with Gasteiger partial charge < -0.3 is 10.2 Å². The van der Waals surface area contributed by atoms with Crippen LogP contribution in [0.15, 0.2) is 0 Å². The van der Waals surface area contributed by atoms with Crippen LogP contribution in [0.5, 0.6) is 0 Å². The van der Waals surface area contributed by atoms with Crippen molar-refractivity contribution < 1.29 is 0 Å². The minimum Gasteiger partial charge on any atom is -0.320 e. The van der Waals surface area contributed by atoms with Crippen molar-refractivity contribution in [3.8, 4) is 0 Å². The molecule has 90 valence electrons. The standard InChI is InChI=1S/C13H28N2/c1-12(2)7-10-15-9-4-5-13(11-15)6-8-14-3/h12-14H,4-11H2,1-3H3. The Hall–Kier alpha value is -0.0800. The first kappa shape index (κ1) is 13.0. The van der Waals surface area contributed by atoms with Crippen LogP contribution < -0.4 is 5.32 Å². The summed E-state index contributed by atoms with van der Waals surface area (Å²) in [5, 5.41) is 3.26. The zero-order chi connectivity index (χ0) is 11.1. The van der Waals surface area contributed by atoms with Crippen molar-refractivity contribution in [1.29, 1.82) is 0 Å². The normalized spacial score (nSPS) is 23.6. The fourth-order valence-electron chi connectivity index (χ4n) is 2.38. The number of likely N-dealkylation sites (tertiary alicyclic amines) is 1. The van der Waals surface area contributed by atoms with Crippen LogP contribution in [0.3, 0.4) is 0 Å². The molecule has 2 heteroatoms. The first-order valence-corrected chi connectivity index (χ1v) is 6.59. The molecule has 0 radical (unpaired) electrons. The highest BCUT2D eigenvalue weighted by Gasteiger charge is 2.18. The van der Waals surface area contributed by atoms with Crippen LogP contribution in [0.1, 0.15) is 39.5 Å². The second kappa shape index (κ2) is 7.24. The lowest BCUT2D eigenvalue weighted by molar-refractivity contribution is 0.162. The molecule has 15 heavy (non-hydrogen) atoms. The number of piperidine rings is 1. The van der Waals surface area contributed by atoms with Crippen LogP contribution >= 0.6 is 0 Å². The molecule has 1 fully saturated rings. The smallest absolute Gasteiger partial charge is 0.00101 e. The Morgan fingerprint density at radius 3 is 2.87 bits per heavy atom. The van der Waals surface area contributed by atoms with E-state index in [-0.39, 0.29) is 0 Å². The number of hydrogen-bond acceptors (Lipinski definition) is 2. The van der Waals surface area contributed by atoms with Gasteiger partial charge in [0.2, 0.25) is 0 Å². The van der Waals surface area contributed by atoms with Gasteiger partial charge in [-0.1, -0.05) is 13.8 Å². The lowest BCUT2D eigenvalue weighted by Gasteiger charge is -2.33. The molecular formula is C13H28N2. The molecule has 1 saturated heterocycles. The van der Waals surface area contributed by atoms with Crippen LogP contribution in [0, 0.1) is 11.8 Å². The van der Waals surface area contributed by atoms with Crippen LogP contribution in [0.25, 0.3) is 0 Å². The van der Waals surface area contributed by atoms with E-state index >= 15 is 0 Å². The predicted octanol–water partition coefficient (Wildman–Crippen LogP) is 2.35. The molecule has 1 aliphatic rings. The van der Waals surface area contributed by atoms with Gasteiger partial charge in [-0.25, -0.2) is 0 Å². The number of hydrogen-bond donors (Lipinski definition) is 1. The van der Waals surface area contributed by atoms with E-state index in [4.69, 9.17) is 0 Å². The molecule has 0 aromatic heterocycles. The van der Waals surface area contributed by atoms with Crippen LogP contribution in [0.2, 0.25) is 0 Å². The van der Waals surface area contributed by atoms with Gasteiger partial charge in [0.05, 0.1) is 0 Å². The van der Waals surface area contributed by atoms with Gasteiger partial charge in [-0.3, -0.25) is 0 Å². The van der Waals surface area contributed by atoms with E-state index in [9.17, 15) is 0 Å². The van der Waals surface area contributed by atoms with Gasteiger partial charge in [0.15, 0.2) is 0 Å². The van der Waals surface area contributed by atoms with Crippen molar-refractivity contribution in [1.82, 2.24) is 10.2 Å². The molecule has 0 saturated carbocycles. The molecule has 0 aromatic carbocycles. The van der Waals surface area contributed by atoms with E-state index in [0.29, 0.717) is 0 Å². The Morgan fingerprint density at radius 1 is 1.40 bits per heavy atom. The Morgan fingerprint density at radius 2 is 2.20 bits per heavy atom. The average molecular weight is 212 g/mol. The molecule has 1 aliphatic heterocycles. The third kappa shape index (κ3) is 5.53. The Kier molecular flexibility index (Phi) is 6.26. The van der Waals surface area contributed by atoms with Crippen molar-refractivity contribution in [3.05, 3.63) is 0 Å². The van der Waals surface area contributed by atoms with E-state index < -0.39 is 0 Å².